The molecule has 1 saturated carbocycles. The zero-order valence-electron chi connectivity index (χ0n) is 23.5. The third kappa shape index (κ3) is 6.13. The van der Waals surface area contributed by atoms with Gasteiger partial charge in [0.05, 0.1) is 27.4 Å². The van der Waals surface area contributed by atoms with Crippen LogP contribution in [0.5, 0.6) is 5.75 Å². The van der Waals surface area contributed by atoms with Gasteiger partial charge < -0.3 is 19.3 Å². The van der Waals surface area contributed by atoms with Crippen molar-refractivity contribution in [3.8, 4) is 5.75 Å². The summed E-state index contributed by atoms with van der Waals surface area (Å²) in [6.07, 6.45) is 5.29. The fourth-order valence-corrected chi connectivity index (χ4v) is 8.33. The number of hydrogen-bond donors (Lipinski definition) is 1. The topological polar surface area (TPSA) is 71.5 Å². The first kappa shape index (κ1) is 29.0. The van der Waals surface area contributed by atoms with Crippen LogP contribution in [0.4, 0.5) is 0 Å². The molecule has 1 saturated heterocycles. The van der Waals surface area contributed by atoms with Crippen molar-refractivity contribution in [1.82, 2.24) is 14.3 Å². The van der Waals surface area contributed by atoms with Gasteiger partial charge in [-0.3, -0.25) is 13.8 Å². The maximum absolute atomic E-state index is 13.8. The van der Waals surface area contributed by atoms with E-state index in [0.717, 1.165) is 28.2 Å². The molecule has 9 heteroatoms. The summed E-state index contributed by atoms with van der Waals surface area (Å²) in [7, 11) is 2.01. The second-order valence-corrected chi connectivity index (χ2v) is 13.7. The summed E-state index contributed by atoms with van der Waals surface area (Å²) in [5, 5.41) is 0. The van der Waals surface area contributed by atoms with Gasteiger partial charge in [0, 0.05) is 24.2 Å². The van der Waals surface area contributed by atoms with Crippen molar-refractivity contribution in [3.05, 3.63) is 23.3 Å². The summed E-state index contributed by atoms with van der Waals surface area (Å²) in [4.78, 5) is 23.5. The molecule has 1 aromatic rings. The molecule has 1 heterocycles. The smallest absolute Gasteiger partial charge is 0.248 e. The first-order valence-corrected chi connectivity index (χ1v) is 15.1. The Morgan fingerprint density at radius 3 is 2.33 bits per heavy atom. The summed E-state index contributed by atoms with van der Waals surface area (Å²) < 4.78 is 26.4. The zero-order chi connectivity index (χ0) is 26.7. The standard InChI is InChI=1S/C27H47N3O5S/c1-20-16-23(33-6)17-21(2)26(20)36(8,32)30(34-7)14-15-35-19-25(31)28(5)24-18-22(27(24,3)4)10-13-29-11-9-12-29/h16-17,22,24,36H,9-15,18-19H2,1-8H3/t22-,24+/m1/s1. The van der Waals surface area contributed by atoms with E-state index in [-0.39, 0.29) is 30.6 Å². The Morgan fingerprint density at radius 1 is 1.19 bits per heavy atom. The summed E-state index contributed by atoms with van der Waals surface area (Å²) in [5.74, 6) is 1.37. The van der Waals surface area contributed by atoms with Gasteiger partial charge in [-0.15, -0.1) is 4.47 Å². The number of hydroxylamine groups is 1. The Balaban J connectivity index is 1.48. The van der Waals surface area contributed by atoms with Gasteiger partial charge in [0.25, 0.3) is 0 Å². The lowest BCUT2D eigenvalue weighted by Crippen LogP contribution is -2.59. The Morgan fingerprint density at radius 2 is 1.83 bits per heavy atom. The van der Waals surface area contributed by atoms with Crippen molar-refractivity contribution < 1.29 is 23.3 Å². The number of amides is 1. The fourth-order valence-electron chi connectivity index (χ4n) is 5.90. The Kier molecular flexibility index (Phi) is 9.60. The highest BCUT2D eigenvalue weighted by atomic mass is 32.3. The first-order chi connectivity index (χ1) is 16.9. The van der Waals surface area contributed by atoms with E-state index in [0.29, 0.717) is 12.5 Å². The minimum Gasteiger partial charge on any atom is -0.497 e. The van der Waals surface area contributed by atoms with Crippen LogP contribution in [0.2, 0.25) is 0 Å². The summed E-state index contributed by atoms with van der Waals surface area (Å²) in [6.45, 7) is 12.6. The van der Waals surface area contributed by atoms with Gasteiger partial charge in [-0.2, -0.15) is 0 Å². The van der Waals surface area contributed by atoms with Gasteiger partial charge in [-0.1, -0.05) is 13.8 Å². The number of benzene rings is 1. The minimum absolute atomic E-state index is 0.00762. The van der Waals surface area contributed by atoms with Gasteiger partial charge in [0.1, 0.15) is 12.4 Å². The molecule has 206 valence electrons. The van der Waals surface area contributed by atoms with Crippen molar-refractivity contribution in [1.29, 1.82) is 0 Å². The Bertz CT molecular complexity index is 942. The van der Waals surface area contributed by atoms with Gasteiger partial charge in [0.15, 0.2) is 0 Å². The fraction of sp³-hybridized carbons (Fsp3) is 0.741. The number of thiol groups is 1. The van der Waals surface area contributed by atoms with E-state index in [4.69, 9.17) is 14.3 Å². The molecule has 0 radical (unpaired) electrons. The van der Waals surface area contributed by atoms with E-state index in [1.54, 1.807) is 13.4 Å². The predicted molar refractivity (Wildman–Crippen MR) is 145 cm³/mol. The highest BCUT2D eigenvalue weighted by Crippen LogP contribution is 2.50. The molecule has 8 nitrogen and oxygen atoms in total. The van der Waals surface area contributed by atoms with E-state index in [1.165, 1.54) is 44.1 Å². The number of carbonyl (C=O) groups excluding carboxylic acids is 1. The SMILES string of the molecule is COc1cc(C)c([SH](C)(=O)N(CCOCC(=O)N(C)[C@H]2C[C@@H](CCN3CCC3)C2(C)C)OC)c(C)c1. The second kappa shape index (κ2) is 11.9. The van der Waals surface area contributed by atoms with Crippen molar-refractivity contribution in [2.75, 3.05) is 66.9 Å². The average molecular weight is 526 g/mol. The molecule has 1 amide bonds. The van der Waals surface area contributed by atoms with Gasteiger partial charge in [-0.05, 0) is 97.5 Å². The molecule has 0 aromatic heterocycles. The summed E-state index contributed by atoms with van der Waals surface area (Å²) in [5.41, 5.74) is 1.90. The molecular formula is C27H47N3O5S. The van der Waals surface area contributed by atoms with E-state index >= 15 is 0 Å². The van der Waals surface area contributed by atoms with Crippen LogP contribution in [0.15, 0.2) is 17.0 Å². The molecule has 3 rings (SSSR count). The van der Waals surface area contributed by atoms with E-state index in [9.17, 15) is 9.00 Å². The van der Waals surface area contributed by atoms with Crippen LogP contribution < -0.4 is 4.74 Å². The van der Waals surface area contributed by atoms with Crippen LogP contribution in [-0.4, -0.2) is 97.3 Å². The molecule has 1 aliphatic carbocycles. The maximum Gasteiger partial charge on any atom is 0.248 e. The number of rotatable bonds is 13. The summed E-state index contributed by atoms with van der Waals surface area (Å²) in [6, 6.07) is 4.01. The molecule has 1 aliphatic heterocycles. The predicted octanol–water partition coefficient (Wildman–Crippen LogP) is 3.08. The lowest BCUT2D eigenvalue weighted by molar-refractivity contribution is -0.149. The number of methoxy groups -OCH3 is 1. The van der Waals surface area contributed by atoms with Crippen LogP contribution in [0.3, 0.4) is 0 Å². The number of hydrogen-bond acceptors (Lipinski definition) is 6. The van der Waals surface area contributed by atoms with Crippen LogP contribution in [0, 0.1) is 25.2 Å². The maximum atomic E-state index is 13.8. The number of likely N-dealkylation sites (tertiary alicyclic amines) is 1. The number of ether oxygens (including phenoxy) is 2. The minimum atomic E-state index is -3.01. The van der Waals surface area contributed by atoms with Gasteiger partial charge in [0.2, 0.25) is 5.91 Å². The number of carbonyl (C=O) groups is 1. The summed E-state index contributed by atoms with van der Waals surface area (Å²) >= 11 is 0. The third-order valence-corrected chi connectivity index (χ3v) is 11.2. The lowest BCUT2D eigenvalue weighted by Gasteiger charge is -2.56. The van der Waals surface area contributed by atoms with Gasteiger partial charge >= 0.3 is 0 Å². The van der Waals surface area contributed by atoms with Crippen molar-refractivity contribution in [2.24, 2.45) is 11.3 Å². The van der Waals surface area contributed by atoms with Crippen molar-refractivity contribution in [3.63, 3.8) is 0 Å². The number of aryl methyl sites for hydroxylation is 2. The van der Waals surface area contributed by atoms with Crippen LogP contribution in [0.25, 0.3) is 0 Å². The molecule has 2 aliphatic rings. The number of nitrogens with zero attached hydrogens (tertiary/aromatic N) is 3. The largest absolute Gasteiger partial charge is 0.497 e. The molecule has 0 bridgehead atoms. The lowest BCUT2D eigenvalue weighted by atomic mass is 9.57. The Labute approximate surface area is 218 Å². The van der Waals surface area contributed by atoms with E-state index in [1.807, 2.05) is 37.9 Å². The highest BCUT2D eigenvalue weighted by molar-refractivity contribution is 8.00. The average Bonchev–Trinajstić information content (AvgIpc) is 2.78. The monoisotopic (exact) mass is 525 g/mol. The normalized spacial score (nSPS) is 22.1. The molecule has 0 N–H and O–H groups in total. The molecule has 0 spiro atoms. The third-order valence-electron chi connectivity index (χ3n) is 8.43. The molecule has 0 unspecified atom stereocenters. The number of likely N-dealkylation sites (N-methyl/N-ethyl adjacent to an activating group) is 1. The van der Waals surface area contributed by atoms with Crippen molar-refractivity contribution >= 4 is 16.0 Å². The molecular weight excluding hydrogens is 478 g/mol. The molecule has 2 fully saturated rings. The van der Waals surface area contributed by atoms with Gasteiger partial charge in [-0.25, -0.2) is 0 Å². The van der Waals surface area contributed by atoms with Crippen molar-refractivity contribution in [2.45, 2.75) is 57.9 Å². The Hall–Kier alpha value is -1.52. The van der Waals surface area contributed by atoms with E-state index < -0.39 is 10.1 Å². The second-order valence-electron chi connectivity index (χ2n) is 11.1. The van der Waals surface area contributed by atoms with Crippen LogP contribution >= 0.6 is 0 Å². The molecule has 36 heavy (non-hydrogen) atoms. The molecule has 1 aromatic carbocycles. The van der Waals surface area contributed by atoms with Crippen LogP contribution in [-0.2, 0) is 24.5 Å². The van der Waals surface area contributed by atoms with Crippen LogP contribution in [0.1, 0.15) is 44.2 Å². The zero-order valence-corrected chi connectivity index (χ0v) is 24.4. The first-order valence-electron chi connectivity index (χ1n) is 13.0. The highest BCUT2D eigenvalue weighted by Gasteiger charge is 2.50. The molecule has 2 atom stereocenters. The quantitative estimate of drug-likeness (QED) is 0.243. The van der Waals surface area contributed by atoms with E-state index in [2.05, 4.69) is 18.7 Å².